The lowest BCUT2D eigenvalue weighted by atomic mass is 10.0. The number of halogens is 3. The van der Waals surface area contributed by atoms with Crippen LogP contribution in [0.2, 0.25) is 0 Å². The smallest absolute Gasteiger partial charge is 0.418 e. The van der Waals surface area contributed by atoms with Gasteiger partial charge < -0.3 is 9.73 Å². The molecule has 192 valence electrons. The monoisotopic (exact) mass is 518 g/mol. The average molecular weight is 518 g/mol. The van der Waals surface area contributed by atoms with E-state index in [0.29, 0.717) is 40.4 Å². The molecule has 8 nitrogen and oxygen atoms in total. The molecule has 2 aromatic carbocycles. The van der Waals surface area contributed by atoms with Crippen molar-refractivity contribution in [3.8, 4) is 39.5 Å². The molecule has 0 amide bonds. The number of alkyl halides is 3. The molecule has 5 aromatic rings. The van der Waals surface area contributed by atoms with Gasteiger partial charge in [0, 0.05) is 29.4 Å². The number of benzene rings is 2. The Bertz CT molecular complexity index is 1650. The Morgan fingerprint density at radius 3 is 2.47 bits per heavy atom. The number of nitrogens with zero attached hydrogens (tertiary/aromatic N) is 5. The van der Waals surface area contributed by atoms with Gasteiger partial charge in [0.2, 0.25) is 0 Å². The SMILES string of the molecule is CCNc1cc(-c2cc(C)cc(-c3cnco3)c2)nn(-c2cc(-c3ccncn3)ccc2C(F)(F)F)c1=O. The summed E-state index contributed by atoms with van der Waals surface area (Å²) in [5.74, 6) is 0.520. The molecule has 1 N–H and O–H groups in total. The third kappa shape index (κ3) is 4.90. The minimum absolute atomic E-state index is 0.112. The molecule has 5 rings (SSSR count). The molecular formula is C27H21F3N6O2. The van der Waals surface area contributed by atoms with E-state index in [-0.39, 0.29) is 5.69 Å². The van der Waals surface area contributed by atoms with E-state index < -0.39 is 23.0 Å². The highest BCUT2D eigenvalue weighted by atomic mass is 19.4. The van der Waals surface area contributed by atoms with Crippen molar-refractivity contribution in [2.45, 2.75) is 20.0 Å². The number of anilines is 1. The van der Waals surface area contributed by atoms with Crippen molar-refractivity contribution in [2.75, 3.05) is 11.9 Å². The van der Waals surface area contributed by atoms with Crippen LogP contribution in [0.3, 0.4) is 0 Å². The van der Waals surface area contributed by atoms with Crippen LogP contribution in [0.25, 0.3) is 39.5 Å². The van der Waals surface area contributed by atoms with Crippen LogP contribution < -0.4 is 10.9 Å². The van der Waals surface area contributed by atoms with E-state index in [9.17, 15) is 18.0 Å². The van der Waals surface area contributed by atoms with Gasteiger partial charge in [-0.2, -0.15) is 23.0 Å². The van der Waals surface area contributed by atoms with Crippen molar-refractivity contribution in [3.05, 3.63) is 95.1 Å². The molecule has 0 atom stereocenters. The Hall–Kier alpha value is -4.80. The Balaban J connectivity index is 1.76. The maximum Gasteiger partial charge on any atom is 0.418 e. The summed E-state index contributed by atoms with van der Waals surface area (Å²) in [7, 11) is 0. The second-order valence-electron chi connectivity index (χ2n) is 8.47. The zero-order valence-corrected chi connectivity index (χ0v) is 20.3. The van der Waals surface area contributed by atoms with Gasteiger partial charge in [-0.1, -0.05) is 6.07 Å². The lowest BCUT2D eigenvalue weighted by Gasteiger charge is -2.17. The van der Waals surface area contributed by atoms with E-state index in [0.717, 1.165) is 16.3 Å². The first-order chi connectivity index (χ1) is 18.2. The fourth-order valence-corrected chi connectivity index (χ4v) is 4.11. The van der Waals surface area contributed by atoms with Crippen LogP contribution in [0, 0.1) is 6.92 Å². The number of rotatable bonds is 6. The molecule has 38 heavy (non-hydrogen) atoms. The van der Waals surface area contributed by atoms with Gasteiger partial charge in [0.15, 0.2) is 12.2 Å². The standard InChI is InChI=1S/C27H21F3N6O2/c1-3-33-23-12-22(18-8-16(2)9-19(10-18)25-13-32-15-38-25)35-36(26(23)37)24-11-17(21-6-7-31-14-34-21)4-5-20(24)27(28,29)30/h4-15,33H,3H2,1-2H3. The van der Waals surface area contributed by atoms with E-state index in [1.807, 2.05) is 19.1 Å². The van der Waals surface area contributed by atoms with E-state index in [2.05, 4.69) is 25.4 Å². The second kappa shape index (κ2) is 9.92. The number of nitrogens with one attached hydrogen (secondary N) is 1. The number of hydrogen-bond acceptors (Lipinski definition) is 7. The van der Waals surface area contributed by atoms with Gasteiger partial charge in [0.1, 0.15) is 12.0 Å². The topological polar surface area (TPSA) is 98.7 Å². The summed E-state index contributed by atoms with van der Waals surface area (Å²) in [5, 5.41) is 7.37. The van der Waals surface area contributed by atoms with Gasteiger partial charge in [0.05, 0.1) is 28.8 Å². The van der Waals surface area contributed by atoms with Crippen LogP contribution in [0.15, 0.2) is 82.9 Å². The lowest BCUT2D eigenvalue weighted by Crippen LogP contribution is -2.27. The molecule has 0 aliphatic rings. The predicted octanol–water partition coefficient (Wildman–Crippen LogP) is 5.77. The van der Waals surface area contributed by atoms with Crippen molar-refractivity contribution in [3.63, 3.8) is 0 Å². The Morgan fingerprint density at radius 1 is 0.974 bits per heavy atom. The average Bonchev–Trinajstić information content (AvgIpc) is 3.45. The zero-order valence-electron chi connectivity index (χ0n) is 20.3. The summed E-state index contributed by atoms with van der Waals surface area (Å²) in [6.45, 7) is 4.04. The van der Waals surface area contributed by atoms with Crippen molar-refractivity contribution in [1.29, 1.82) is 0 Å². The summed E-state index contributed by atoms with van der Waals surface area (Å²) < 4.78 is 48.6. The molecule has 0 aliphatic carbocycles. The van der Waals surface area contributed by atoms with E-state index in [1.54, 1.807) is 25.3 Å². The van der Waals surface area contributed by atoms with Crippen molar-refractivity contribution in [2.24, 2.45) is 0 Å². The summed E-state index contributed by atoms with van der Waals surface area (Å²) in [5.41, 5.74) is 1.21. The summed E-state index contributed by atoms with van der Waals surface area (Å²) in [4.78, 5) is 25.3. The Labute approximate surface area is 214 Å². The maximum atomic E-state index is 14.1. The van der Waals surface area contributed by atoms with Gasteiger partial charge >= 0.3 is 6.18 Å². The van der Waals surface area contributed by atoms with Crippen LogP contribution in [0.1, 0.15) is 18.1 Å². The van der Waals surface area contributed by atoms with Crippen LogP contribution in [-0.2, 0) is 6.18 Å². The van der Waals surface area contributed by atoms with Gasteiger partial charge in [-0.05, 0) is 61.9 Å². The first kappa shape index (κ1) is 24.9. The normalized spacial score (nSPS) is 11.5. The Morgan fingerprint density at radius 2 is 1.79 bits per heavy atom. The van der Waals surface area contributed by atoms with Crippen LogP contribution >= 0.6 is 0 Å². The second-order valence-corrected chi connectivity index (χ2v) is 8.47. The molecule has 0 unspecified atom stereocenters. The number of aromatic nitrogens is 5. The van der Waals surface area contributed by atoms with Crippen molar-refractivity contribution < 1.29 is 17.6 Å². The molecule has 11 heteroatoms. The maximum absolute atomic E-state index is 14.1. The fourth-order valence-electron chi connectivity index (χ4n) is 4.11. The van der Waals surface area contributed by atoms with Crippen molar-refractivity contribution in [1.82, 2.24) is 24.7 Å². The highest BCUT2D eigenvalue weighted by Crippen LogP contribution is 2.36. The molecule has 0 radical (unpaired) electrons. The highest BCUT2D eigenvalue weighted by molar-refractivity contribution is 5.72. The van der Waals surface area contributed by atoms with E-state index in [4.69, 9.17) is 4.42 Å². The number of oxazole rings is 1. The third-order valence-corrected chi connectivity index (χ3v) is 5.78. The Kier molecular flexibility index (Phi) is 6.50. The van der Waals surface area contributed by atoms with E-state index >= 15 is 0 Å². The summed E-state index contributed by atoms with van der Waals surface area (Å²) >= 11 is 0. The van der Waals surface area contributed by atoms with Crippen LogP contribution in [-0.4, -0.2) is 31.3 Å². The first-order valence-electron chi connectivity index (χ1n) is 11.6. The highest BCUT2D eigenvalue weighted by Gasteiger charge is 2.35. The molecule has 0 spiro atoms. The van der Waals surface area contributed by atoms with Gasteiger partial charge in [-0.3, -0.25) is 4.79 Å². The molecule has 0 aliphatic heterocycles. The van der Waals surface area contributed by atoms with Crippen LogP contribution in [0.4, 0.5) is 18.9 Å². The quantitative estimate of drug-likeness (QED) is 0.305. The number of hydrogen-bond donors (Lipinski definition) is 1. The molecule has 0 saturated heterocycles. The van der Waals surface area contributed by atoms with Crippen LogP contribution in [0.5, 0.6) is 0 Å². The van der Waals surface area contributed by atoms with Gasteiger partial charge in [0.25, 0.3) is 5.56 Å². The minimum Gasteiger partial charge on any atom is -0.444 e. The lowest BCUT2D eigenvalue weighted by molar-refractivity contribution is -0.137. The predicted molar refractivity (Wildman–Crippen MR) is 136 cm³/mol. The van der Waals surface area contributed by atoms with Gasteiger partial charge in [-0.15, -0.1) is 0 Å². The summed E-state index contributed by atoms with van der Waals surface area (Å²) in [6, 6.07) is 12.1. The largest absolute Gasteiger partial charge is 0.444 e. The van der Waals surface area contributed by atoms with Crippen molar-refractivity contribution >= 4 is 5.69 Å². The van der Waals surface area contributed by atoms with Gasteiger partial charge in [-0.25, -0.2) is 15.0 Å². The third-order valence-electron chi connectivity index (χ3n) is 5.78. The molecule has 3 aromatic heterocycles. The molecule has 0 bridgehead atoms. The molecule has 3 heterocycles. The summed E-state index contributed by atoms with van der Waals surface area (Å²) in [6.07, 6.45) is 0.911. The van der Waals surface area contributed by atoms with E-state index in [1.165, 1.54) is 37.1 Å². The molecular weight excluding hydrogens is 497 g/mol. The molecule has 0 saturated carbocycles. The molecule has 0 fully saturated rings. The zero-order chi connectivity index (χ0) is 26.9. The fraction of sp³-hybridized carbons (Fsp3) is 0.148. The minimum atomic E-state index is -4.74. The first-order valence-corrected chi connectivity index (χ1v) is 11.6. The number of aryl methyl sites for hydroxylation is 1.